The maximum atomic E-state index is 12.1. The average molecular weight is 442 g/mol. The summed E-state index contributed by atoms with van der Waals surface area (Å²) in [5, 5.41) is 4.31. The number of benzene rings is 1. The van der Waals surface area contributed by atoms with Crippen LogP contribution in [0.15, 0.2) is 48.8 Å². The molecule has 0 saturated carbocycles. The van der Waals surface area contributed by atoms with Gasteiger partial charge in [0.25, 0.3) is 0 Å². The van der Waals surface area contributed by atoms with Crippen molar-refractivity contribution in [3.05, 3.63) is 65.9 Å². The van der Waals surface area contributed by atoms with E-state index in [9.17, 15) is 4.79 Å². The van der Waals surface area contributed by atoms with E-state index in [-0.39, 0.29) is 6.03 Å². The first-order chi connectivity index (χ1) is 16.0. The SMILES string of the molecule is CCn1c(/C=C/c2ccc(CN3CCN(C)C3=O)nc2)nc2c(-c3ccnn3C)cccc21. The van der Waals surface area contributed by atoms with Gasteiger partial charge in [0.05, 0.1) is 29.0 Å². The highest BCUT2D eigenvalue weighted by molar-refractivity contribution is 5.92. The van der Waals surface area contributed by atoms with Gasteiger partial charge in [-0.1, -0.05) is 18.2 Å². The van der Waals surface area contributed by atoms with E-state index in [0.29, 0.717) is 6.54 Å². The molecule has 4 heterocycles. The molecule has 1 aliphatic heterocycles. The highest BCUT2D eigenvalue weighted by Gasteiger charge is 2.25. The van der Waals surface area contributed by atoms with Crippen LogP contribution >= 0.6 is 0 Å². The molecular weight excluding hydrogens is 414 g/mol. The van der Waals surface area contributed by atoms with Crippen LogP contribution in [0.5, 0.6) is 0 Å². The topological polar surface area (TPSA) is 72.1 Å². The minimum absolute atomic E-state index is 0.0599. The van der Waals surface area contributed by atoms with Gasteiger partial charge in [-0.05, 0) is 42.8 Å². The van der Waals surface area contributed by atoms with Crippen LogP contribution in [-0.2, 0) is 20.1 Å². The van der Waals surface area contributed by atoms with Gasteiger partial charge in [0.2, 0.25) is 0 Å². The third-order valence-electron chi connectivity index (χ3n) is 6.15. The van der Waals surface area contributed by atoms with Crippen LogP contribution in [0.4, 0.5) is 4.79 Å². The molecule has 0 radical (unpaired) electrons. The molecule has 0 bridgehead atoms. The molecule has 2 amide bonds. The summed E-state index contributed by atoms with van der Waals surface area (Å²) in [4.78, 5) is 25.2. The Balaban J connectivity index is 1.40. The minimum atomic E-state index is 0.0599. The van der Waals surface area contributed by atoms with E-state index in [2.05, 4.69) is 39.8 Å². The zero-order valence-corrected chi connectivity index (χ0v) is 19.1. The molecule has 0 aliphatic carbocycles. The fourth-order valence-electron chi connectivity index (χ4n) is 4.31. The molecule has 8 heteroatoms. The Hall–Kier alpha value is -3.94. The highest BCUT2D eigenvalue weighted by atomic mass is 16.2. The summed E-state index contributed by atoms with van der Waals surface area (Å²) in [5.41, 5.74) is 6.06. The number of rotatable bonds is 6. The van der Waals surface area contributed by atoms with Crippen molar-refractivity contribution < 1.29 is 4.79 Å². The van der Waals surface area contributed by atoms with E-state index >= 15 is 0 Å². The first-order valence-electron chi connectivity index (χ1n) is 11.2. The zero-order valence-electron chi connectivity index (χ0n) is 19.1. The van der Waals surface area contributed by atoms with Crippen LogP contribution in [0.2, 0.25) is 0 Å². The maximum Gasteiger partial charge on any atom is 0.320 e. The van der Waals surface area contributed by atoms with Crippen molar-refractivity contribution in [3.8, 4) is 11.3 Å². The fraction of sp³-hybridized carbons (Fsp3) is 0.280. The molecular formula is C25H27N7O. The predicted octanol–water partition coefficient (Wildman–Crippen LogP) is 3.89. The van der Waals surface area contributed by atoms with Crippen molar-refractivity contribution >= 4 is 29.2 Å². The van der Waals surface area contributed by atoms with E-state index < -0.39 is 0 Å². The van der Waals surface area contributed by atoms with Crippen molar-refractivity contribution in [1.29, 1.82) is 0 Å². The number of aromatic nitrogens is 5. The van der Waals surface area contributed by atoms with Crippen molar-refractivity contribution in [2.45, 2.75) is 20.0 Å². The molecule has 5 rings (SSSR count). The fourth-order valence-corrected chi connectivity index (χ4v) is 4.31. The molecule has 1 aromatic carbocycles. The van der Waals surface area contributed by atoms with Gasteiger partial charge in [-0.25, -0.2) is 9.78 Å². The Morgan fingerprint density at radius 1 is 1.06 bits per heavy atom. The summed E-state index contributed by atoms with van der Waals surface area (Å²) >= 11 is 0. The first kappa shape index (κ1) is 20.9. The third kappa shape index (κ3) is 3.88. The number of carbonyl (C=O) groups excluding carboxylic acids is 1. The van der Waals surface area contributed by atoms with Crippen molar-refractivity contribution in [3.63, 3.8) is 0 Å². The Morgan fingerprint density at radius 3 is 2.61 bits per heavy atom. The Labute approximate surface area is 192 Å². The van der Waals surface area contributed by atoms with Crippen LogP contribution < -0.4 is 0 Å². The molecule has 0 spiro atoms. The molecule has 1 fully saturated rings. The van der Waals surface area contributed by atoms with E-state index in [0.717, 1.165) is 59.0 Å². The number of imidazole rings is 1. The average Bonchev–Trinajstić information content (AvgIpc) is 3.51. The Morgan fingerprint density at radius 2 is 1.94 bits per heavy atom. The van der Waals surface area contributed by atoms with Crippen molar-refractivity contribution in [1.82, 2.24) is 34.1 Å². The number of likely N-dealkylation sites (N-methyl/N-ethyl adjacent to an activating group) is 1. The predicted molar refractivity (Wildman–Crippen MR) is 129 cm³/mol. The van der Waals surface area contributed by atoms with Crippen molar-refractivity contribution in [2.24, 2.45) is 7.05 Å². The number of urea groups is 1. The summed E-state index contributed by atoms with van der Waals surface area (Å²) in [6.07, 6.45) is 7.71. The van der Waals surface area contributed by atoms with Crippen LogP contribution in [0.1, 0.15) is 24.0 Å². The smallest absolute Gasteiger partial charge is 0.320 e. The van der Waals surface area contributed by atoms with Gasteiger partial charge < -0.3 is 14.4 Å². The van der Waals surface area contributed by atoms with Gasteiger partial charge in [-0.15, -0.1) is 0 Å². The molecule has 0 N–H and O–H groups in total. The number of carbonyl (C=O) groups is 1. The lowest BCUT2D eigenvalue weighted by Gasteiger charge is -2.15. The number of fused-ring (bicyclic) bond motifs is 1. The monoisotopic (exact) mass is 441 g/mol. The zero-order chi connectivity index (χ0) is 22.9. The first-order valence-corrected chi connectivity index (χ1v) is 11.2. The second kappa shape index (κ2) is 8.54. The van der Waals surface area contributed by atoms with E-state index in [1.165, 1.54) is 0 Å². The summed E-state index contributed by atoms with van der Waals surface area (Å²) in [5.74, 6) is 0.900. The van der Waals surface area contributed by atoms with Crippen LogP contribution in [0.3, 0.4) is 0 Å². The summed E-state index contributed by atoms with van der Waals surface area (Å²) < 4.78 is 4.08. The molecule has 168 valence electrons. The number of pyridine rings is 1. The van der Waals surface area contributed by atoms with E-state index in [4.69, 9.17) is 4.98 Å². The van der Waals surface area contributed by atoms with E-state index in [1.807, 2.05) is 60.2 Å². The van der Waals surface area contributed by atoms with Gasteiger partial charge in [0, 0.05) is 51.7 Å². The van der Waals surface area contributed by atoms with Crippen LogP contribution in [0.25, 0.3) is 34.4 Å². The lowest BCUT2D eigenvalue weighted by Crippen LogP contribution is -2.29. The molecule has 0 unspecified atom stereocenters. The number of aryl methyl sites for hydroxylation is 2. The molecule has 1 saturated heterocycles. The van der Waals surface area contributed by atoms with Crippen molar-refractivity contribution in [2.75, 3.05) is 20.1 Å². The standard InChI is InChI=1S/C25H27N7O/c1-4-32-22-7-5-6-20(21-12-13-27-30(21)3)24(22)28-23(32)11-9-18-8-10-19(26-16-18)17-31-15-14-29(2)25(31)33/h5-13,16H,4,14-15,17H2,1-3H3/b11-9+. The number of amides is 2. The highest BCUT2D eigenvalue weighted by Crippen LogP contribution is 2.29. The molecule has 4 aromatic rings. The summed E-state index contributed by atoms with van der Waals surface area (Å²) in [7, 11) is 3.77. The van der Waals surface area contributed by atoms with E-state index in [1.54, 1.807) is 11.1 Å². The summed E-state index contributed by atoms with van der Waals surface area (Å²) in [6, 6.07) is 12.3. The third-order valence-corrected chi connectivity index (χ3v) is 6.15. The lowest BCUT2D eigenvalue weighted by atomic mass is 10.1. The minimum Gasteiger partial charge on any atom is -0.326 e. The van der Waals surface area contributed by atoms with Gasteiger partial charge >= 0.3 is 6.03 Å². The number of nitrogens with zero attached hydrogens (tertiary/aromatic N) is 7. The summed E-state index contributed by atoms with van der Waals surface area (Å²) in [6.45, 7) is 4.99. The molecule has 1 aliphatic rings. The van der Waals surface area contributed by atoms with Gasteiger partial charge in [-0.2, -0.15) is 5.10 Å². The Bertz CT molecular complexity index is 1330. The van der Waals surface area contributed by atoms with Gasteiger partial charge in [-0.3, -0.25) is 9.67 Å². The maximum absolute atomic E-state index is 12.1. The molecule has 0 atom stereocenters. The largest absolute Gasteiger partial charge is 0.326 e. The second-order valence-corrected chi connectivity index (χ2v) is 8.27. The molecule has 3 aromatic heterocycles. The second-order valence-electron chi connectivity index (χ2n) is 8.27. The molecule has 8 nitrogen and oxygen atoms in total. The quantitative estimate of drug-likeness (QED) is 0.455. The van der Waals surface area contributed by atoms with Gasteiger partial charge in [0.15, 0.2) is 0 Å². The Kier molecular flexibility index (Phi) is 5.42. The molecule has 33 heavy (non-hydrogen) atoms. The van der Waals surface area contributed by atoms with Crippen LogP contribution in [0, 0.1) is 0 Å². The van der Waals surface area contributed by atoms with Crippen LogP contribution in [-0.4, -0.2) is 60.3 Å². The number of hydrogen-bond donors (Lipinski definition) is 0. The number of para-hydroxylation sites is 1. The van der Waals surface area contributed by atoms with Gasteiger partial charge in [0.1, 0.15) is 5.82 Å². The lowest BCUT2D eigenvalue weighted by molar-refractivity contribution is 0.196. The number of hydrogen-bond acceptors (Lipinski definition) is 4. The normalized spacial score (nSPS) is 14.3.